The van der Waals surface area contributed by atoms with Crippen molar-refractivity contribution < 1.29 is 27.4 Å². The van der Waals surface area contributed by atoms with Crippen LogP contribution < -0.4 is 10.2 Å². The Bertz CT molecular complexity index is 849. The minimum Gasteiger partial charge on any atom is -0.379 e. The second-order valence-electron chi connectivity index (χ2n) is 9.50. The molecule has 0 radical (unpaired) electrons. The smallest absolute Gasteiger partial charge is 0.379 e. The van der Waals surface area contributed by atoms with Crippen LogP contribution in [0.4, 0.5) is 19.1 Å². The number of amides is 1. The van der Waals surface area contributed by atoms with E-state index < -0.39 is 17.3 Å². The molecule has 0 bridgehead atoms. The molecule has 0 aromatic carbocycles. The normalized spacial score (nSPS) is 30.6. The summed E-state index contributed by atoms with van der Waals surface area (Å²) in [6, 6.07) is 1.35. The molecule has 1 aromatic rings. The molecule has 3 aliphatic rings. The van der Waals surface area contributed by atoms with Crippen molar-refractivity contribution >= 4 is 11.9 Å². The molecule has 1 aliphatic carbocycles. The first-order valence-electron chi connectivity index (χ1n) is 12.1. The van der Waals surface area contributed by atoms with E-state index in [0.717, 1.165) is 44.4 Å². The van der Waals surface area contributed by atoms with Crippen molar-refractivity contribution in [3.8, 4) is 0 Å². The Labute approximate surface area is 198 Å². The highest BCUT2D eigenvalue weighted by atomic mass is 19.4. The Morgan fingerprint density at radius 1 is 1.29 bits per heavy atom. The second-order valence-corrected chi connectivity index (χ2v) is 9.50. The number of carbonyl (C=O) groups excluding carboxylic acids is 1. The SMILES string of the molecule is CCC1(C(=O)N2CCN(c3nccc(C(F)(F)F)n3)CC2)CC[C@@H](N[C@@H]2CCOC[C@H]2OC)C1. The molecule has 1 N–H and O–H groups in total. The third-order valence-electron chi connectivity index (χ3n) is 7.58. The number of alkyl halides is 3. The molecule has 3 heterocycles. The van der Waals surface area contributed by atoms with E-state index in [0.29, 0.717) is 39.4 Å². The van der Waals surface area contributed by atoms with E-state index >= 15 is 0 Å². The summed E-state index contributed by atoms with van der Waals surface area (Å²) in [5, 5.41) is 3.72. The van der Waals surface area contributed by atoms with Crippen LogP contribution in [0.5, 0.6) is 0 Å². The number of nitrogens with one attached hydrogen (secondary N) is 1. The zero-order chi connectivity index (χ0) is 24.3. The Morgan fingerprint density at radius 3 is 2.74 bits per heavy atom. The van der Waals surface area contributed by atoms with E-state index in [1.165, 1.54) is 0 Å². The number of methoxy groups -OCH3 is 1. The van der Waals surface area contributed by atoms with Gasteiger partial charge in [-0.05, 0) is 38.2 Å². The van der Waals surface area contributed by atoms with Gasteiger partial charge >= 0.3 is 6.18 Å². The maximum Gasteiger partial charge on any atom is 0.433 e. The van der Waals surface area contributed by atoms with Crippen LogP contribution in [-0.4, -0.2) is 85.5 Å². The zero-order valence-electron chi connectivity index (χ0n) is 19.8. The highest BCUT2D eigenvalue weighted by Crippen LogP contribution is 2.43. The van der Waals surface area contributed by atoms with Crippen LogP contribution in [-0.2, 0) is 20.4 Å². The van der Waals surface area contributed by atoms with Gasteiger partial charge in [0.15, 0.2) is 0 Å². The summed E-state index contributed by atoms with van der Waals surface area (Å²) in [4.78, 5) is 24.9. The van der Waals surface area contributed by atoms with E-state index in [1.807, 2.05) is 4.90 Å². The average molecular weight is 486 g/mol. The van der Waals surface area contributed by atoms with Crippen molar-refractivity contribution in [3.05, 3.63) is 18.0 Å². The first-order chi connectivity index (χ1) is 16.3. The van der Waals surface area contributed by atoms with Crippen LogP contribution in [0.3, 0.4) is 0 Å². The quantitative estimate of drug-likeness (QED) is 0.663. The summed E-state index contributed by atoms with van der Waals surface area (Å²) < 4.78 is 50.1. The highest BCUT2D eigenvalue weighted by Gasteiger charge is 2.47. The van der Waals surface area contributed by atoms with Crippen LogP contribution in [0.15, 0.2) is 12.3 Å². The molecule has 8 nitrogen and oxygen atoms in total. The molecule has 1 amide bonds. The Balaban J connectivity index is 1.35. The van der Waals surface area contributed by atoms with Crippen molar-refractivity contribution in [1.82, 2.24) is 20.2 Å². The number of nitrogens with zero attached hydrogens (tertiary/aromatic N) is 4. The third-order valence-corrected chi connectivity index (χ3v) is 7.58. The van der Waals surface area contributed by atoms with Gasteiger partial charge in [-0.3, -0.25) is 4.79 Å². The van der Waals surface area contributed by atoms with E-state index in [-0.39, 0.29) is 30.0 Å². The van der Waals surface area contributed by atoms with Crippen LogP contribution in [0.25, 0.3) is 0 Å². The minimum absolute atomic E-state index is 0.0206. The number of hydrogen-bond acceptors (Lipinski definition) is 7. The number of hydrogen-bond donors (Lipinski definition) is 1. The maximum absolute atomic E-state index is 13.6. The fraction of sp³-hybridized carbons (Fsp3) is 0.783. The summed E-state index contributed by atoms with van der Waals surface area (Å²) in [5.41, 5.74) is -1.36. The Hall–Kier alpha value is -1.98. The predicted molar refractivity (Wildman–Crippen MR) is 119 cm³/mol. The predicted octanol–water partition coefficient (Wildman–Crippen LogP) is 2.49. The Kier molecular flexibility index (Phi) is 7.63. The topological polar surface area (TPSA) is 79.8 Å². The van der Waals surface area contributed by atoms with Gasteiger partial charge in [0, 0.05) is 58.2 Å². The van der Waals surface area contributed by atoms with Gasteiger partial charge in [-0.25, -0.2) is 9.97 Å². The summed E-state index contributed by atoms with van der Waals surface area (Å²) in [7, 11) is 1.70. The molecule has 11 heteroatoms. The van der Waals surface area contributed by atoms with Crippen molar-refractivity contribution in [2.24, 2.45) is 5.41 Å². The lowest BCUT2D eigenvalue weighted by Gasteiger charge is -2.40. The van der Waals surface area contributed by atoms with Gasteiger partial charge in [-0.1, -0.05) is 6.92 Å². The zero-order valence-corrected chi connectivity index (χ0v) is 19.8. The monoisotopic (exact) mass is 485 g/mol. The summed E-state index contributed by atoms with van der Waals surface area (Å²) in [6.45, 7) is 5.08. The molecule has 2 aliphatic heterocycles. The number of anilines is 1. The van der Waals surface area contributed by atoms with Crippen molar-refractivity contribution in [1.29, 1.82) is 0 Å². The first kappa shape index (κ1) is 25.1. The van der Waals surface area contributed by atoms with Gasteiger partial charge < -0.3 is 24.6 Å². The first-order valence-corrected chi connectivity index (χ1v) is 12.1. The fourth-order valence-corrected chi connectivity index (χ4v) is 5.48. The van der Waals surface area contributed by atoms with Gasteiger partial charge in [0.05, 0.1) is 18.1 Å². The lowest BCUT2D eigenvalue weighted by atomic mass is 9.81. The second kappa shape index (κ2) is 10.3. The van der Waals surface area contributed by atoms with Crippen LogP contribution in [0.2, 0.25) is 0 Å². The molecule has 3 fully saturated rings. The molecule has 190 valence electrons. The molecule has 0 spiro atoms. The molecule has 1 unspecified atom stereocenters. The molecule has 2 saturated heterocycles. The number of piperazine rings is 1. The number of carbonyl (C=O) groups is 1. The van der Waals surface area contributed by atoms with Gasteiger partial charge in [0.2, 0.25) is 11.9 Å². The molecule has 4 atom stereocenters. The lowest BCUT2D eigenvalue weighted by molar-refractivity contribution is -0.142. The van der Waals surface area contributed by atoms with Crippen molar-refractivity contribution in [2.45, 2.75) is 63.4 Å². The van der Waals surface area contributed by atoms with Gasteiger partial charge in [0.1, 0.15) is 5.69 Å². The average Bonchev–Trinajstić information content (AvgIpc) is 3.28. The summed E-state index contributed by atoms with van der Waals surface area (Å²) in [5.74, 6) is 0.209. The van der Waals surface area contributed by atoms with Crippen LogP contribution in [0, 0.1) is 5.41 Å². The standard InChI is InChI=1S/C23H34F3N5O3/c1-3-22(7-4-16(14-22)28-17-6-13-34-15-18(17)33-2)20(32)30-9-11-31(12-10-30)21-27-8-5-19(29-21)23(24,25)26/h5,8,16-18,28H,3-4,6-7,9-15H2,1-2H3/t16-,17-,18-,22?/m1/s1. The van der Waals surface area contributed by atoms with Crippen LogP contribution >= 0.6 is 0 Å². The molecule has 1 saturated carbocycles. The maximum atomic E-state index is 13.6. The Morgan fingerprint density at radius 2 is 2.06 bits per heavy atom. The third kappa shape index (κ3) is 5.31. The minimum atomic E-state index is -4.51. The van der Waals surface area contributed by atoms with E-state index in [2.05, 4.69) is 22.2 Å². The lowest BCUT2D eigenvalue weighted by Crippen LogP contribution is -2.54. The van der Waals surface area contributed by atoms with E-state index in [1.54, 1.807) is 12.0 Å². The van der Waals surface area contributed by atoms with Gasteiger partial charge in [-0.2, -0.15) is 13.2 Å². The number of aromatic nitrogens is 2. The summed E-state index contributed by atoms with van der Waals surface area (Å²) in [6.07, 6.45) is 0.851. The van der Waals surface area contributed by atoms with Gasteiger partial charge in [-0.15, -0.1) is 0 Å². The summed E-state index contributed by atoms with van der Waals surface area (Å²) >= 11 is 0. The molecular weight excluding hydrogens is 451 g/mol. The van der Waals surface area contributed by atoms with E-state index in [9.17, 15) is 18.0 Å². The number of halogens is 3. The van der Waals surface area contributed by atoms with Crippen molar-refractivity contribution in [2.75, 3.05) is 51.4 Å². The molecular formula is C23H34F3N5O3. The fourth-order valence-electron chi connectivity index (χ4n) is 5.48. The number of ether oxygens (including phenoxy) is 2. The molecule has 1 aromatic heterocycles. The van der Waals surface area contributed by atoms with Crippen molar-refractivity contribution in [3.63, 3.8) is 0 Å². The largest absolute Gasteiger partial charge is 0.433 e. The molecule has 34 heavy (non-hydrogen) atoms. The van der Waals surface area contributed by atoms with Crippen LogP contribution in [0.1, 0.15) is 44.7 Å². The number of rotatable bonds is 6. The van der Waals surface area contributed by atoms with Gasteiger partial charge in [0.25, 0.3) is 0 Å². The molecule has 4 rings (SSSR count). The highest BCUT2D eigenvalue weighted by molar-refractivity contribution is 5.83. The van der Waals surface area contributed by atoms with E-state index in [4.69, 9.17) is 9.47 Å².